The van der Waals surface area contributed by atoms with Crippen LogP contribution < -0.4 is 9.64 Å². The van der Waals surface area contributed by atoms with Gasteiger partial charge in [-0.3, -0.25) is 9.69 Å². The van der Waals surface area contributed by atoms with E-state index in [9.17, 15) is 4.79 Å². The van der Waals surface area contributed by atoms with Crippen LogP contribution in [0.1, 0.15) is 49.9 Å². The summed E-state index contributed by atoms with van der Waals surface area (Å²) in [6.45, 7) is 4.09. The number of rotatable bonds is 5. The monoisotopic (exact) mass is 424 g/mol. The van der Waals surface area contributed by atoms with Crippen LogP contribution in [0.25, 0.3) is 0 Å². The Balaban J connectivity index is 1.82. The highest BCUT2D eigenvalue weighted by Gasteiger charge is 2.39. The Kier molecular flexibility index (Phi) is 5.77. The summed E-state index contributed by atoms with van der Waals surface area (Å²) >= 11 is 6.53. The molecule has 0 unspecified atom stereocenters. The molecule has 1 aliphatic heterocycles. The number of amides is 1. The molecule has 7 heteroatoms. The average molecular weight is 425 g/mol. The number of hydrogen-bond acceptors (Lipinski definition) is 4. The molecule has 0 N–H and O–H groups in total. The predicted molar refractivity (Wildman–Crippen MR) is 117 cm³/mol. The minimum atomic E-state index is -0.180. The summed E-state index contributed by atoms with van der Waals surface area (Å²) < 4.78 is 7.13. The van der Waals surface area contributed by atoms with Crippen molar-refractivity contribution in [2.24, 2.45) is 5.92 Å². The standard InChI is InChI=1S/C23H25ClN4O2/c1-15(2)12-22(29)27-20(16-8-10-17(30-3)11-9-16)13-21(28-23(27)25-14-26-28)18-6-4-5-7-19(18)24/h4-11,14-15,20-21H,12-13H2,1-3H3/t20-,21+/m1/s1. The molecule has 30 heavy (non-hydrogen) atoms. The number of carbonyl (C=O) groups is 1. The molecule has 0 radical (unpaired) electrons. The third-order valence-electron chi connectivity index (χ3n) is 5.44. The van der Waals surface area contributed by atoms with E-state index in [1.807, 2.05) is 67.1 Å². The van der Waals surface area contributed by atoms with Crippen LogP contribution >= 0.6 is 11.6 Å². The molecule has 0 spiro atoms. The first-order chi connectivity index (χ1) is 14.5. The van der Waals surface area contributed by atoms with Crippen LogP contribution in [-0.2, 0) is 4.79 Å². The number of hydrogen-bond donors (Lipinski definition) is 0. The Bertz CT molecular complexity index is 1030. The topological polar surface area (TPSA) is 60.2 Å². The van der Waals surface area contributed by atoms with E-state index in [1.54, 1.807) is 12.0 Å². The van der Waals surface area contributed by atoms with Crippen molar-refractivity contribution >= 4 is 23.5 Å². The second-order valence-electron chi connectivity index (χ2n) is 7.93. The van der Waals surface area contributed by atoms with E-state index in [1.165, 1.54) is 6.33 Å². The van der Waals surface area contributed by atoms with E-state index < -0.39 is 0 Å². The van der Waals surface area contributed by atoms with Crippen LogP contribution in [0.3, 0.4) is 0 Å². The molecule has 0 saturated heterocycles. The summed E-state index contributed by atoms with van der Waals surface area (Å²) in [5.74, 6) is 1.61. The van der Waals surface area contributed by atoms with Crippen molar-refractivity contribution in [1.82, 2.24) is 14.8 Å². The van der Waals surface area contributed by atoms with Crippen molar-refractivity contribution in [2.45, 2.75) is 38.8 Å². The third kappa shape index (κ3) is 3.79. The highest BCUT2D eigenvalue weighted by Crippen LogP contribution is 2.43. The number of halogens is 1. The minimum absolute atomic E-state index is 0.0395. The highest BCUT2D eigenvalue weighted by molar-refractivity contribution is 6.31. The van der Waals surface area contributed by atoms with E-state index in [4.69, 9.17) is 16.3 Å². The first-order valence-electron chi connectivity index (χ1n) is 10.1. The largest absolute Gasteiger partial charge is 0.497 e. The van der Waals surface area contributed by atoms with Crippen LogP contribution in [0.15, 0.2) is 54.9 Å². The summed E-state index contributed by atoms with van der Waals surface area (Å²) in [7, 11) is 1.64. The van der Waals surface area contributed by atoms with Crippen molar-refractivity contribution in [2.75, 3.05) is 12.0 Å². The molecule has 2 aromatic carbocycles. The van der Waals surface area contributed by atoms with Gasteiger partial charge in [0.15, 0.2) is 0 Å². The quantitative estimate of drug-likeness (QED) is 0.574. The predicted octanol–water partition coefficient (Wildman–Crippen LogP) is 5.05. The van der Waals surface area contributed by atoms with Gasteiger partial charge in [0.2, 0.25) is 11.9 Å². The Morgan fingerprint density at radius 2 is 1.90 bits per heavy atom. The SMILES string of the molecule is COc1ccc([C@H]2C[C@@H](c3ccccc3Cl)n3ncnc3N2C(=O)CC(C)C)cc1. The number of methoxy groups -OCH3 is 1. The molecule has 3 aromatic rings. The summed E-state index contributed by atoms with van der Waals surface area (Å²) in [5, 5.41) is 5.14. The van der Waals surface area contributed by atoms with Crippen LogP contribution in [0.2, 0.25) is 5.02 Å². The maximum absolute atomic E-state index is 13.3. The molecular formula is C23H25ClN4O2. The Morgan fingerprint density at radius 3 is 2.57 bits per heavy atom. The number of fused-ring (bicyclic) bond motifs is 1. The van der Waals surface area contributed by atoms with Gasteiger partial charge < -0.3 is 4.74 Å². The number of carbonyl (C=O) groups excluding carboxylic acids is 1. The molecule has 1 amide bonds. The molecule has 4 rings (SSSR count). The molecule has 2 atom stereocenters. The van der Waals surface area contributed by atoms with E-state index in [0.29, 0.717) is 23.8 Å². The molecule has 1 aromatic heterocycles. The van der Waals surface area contributed by atoms with E-state index in [2.05, 4.69) is 10.1 Å². The Labute approximate surface area is 181 Å². The molecule has 0 fully saturated rings. The molecule has 0 aliphatic carbocycles. The van der Waals surface area contributed by atoms with Gasteiger partial charge in [0.25, 0.3) is 0 Å². The van der Waals surface area contributed by atoms with Gasteiger partial charge in [-0.2, -0.15) is 10.1 Å². The molecule has 156 valence electrons. The molecule has 1 aliphatic rings. The third-order valence-corrected chi connectivity index (χ3v) is 5.78. The lowest BCUT2D eigenvalue weighted by molar-refractivity contribution is -0.120. The second-order valence-corrected chi connectivity index (χ2v) is 8.34. The van der Waals surface area contributed by atoms with Crippen molar-refractivity contribution < 1.29 is 9.53 Å². The molecule has 0 bridgehead atoms. The summed E-state index contributed by atoms with van der Waals surface area (Å²) in [5.41, 5.74) is 2.00. The fraction of sp³-hybridized carbons (Fsp3) is 0.348. The van der Waals surface area contributed by atoms with E-state index >= 15 is 0 Å². The van der Waals surface area contributed by atoms with Crippen LogP contribution in [0, 0.1) is 5.92 Å². The van der Waals surface area contributed by atoms with Gasteiger partial charge in [-0.1, -0.05) is 55.8 Å². The number of benzene rings is 2. The van der Waals surface area contributed by atoms with Crippen molar-refractivity contribution in [3.05, 3.63) is 71.0 Å². The zero-order valence-corrected chi connectivity index (χ0v) is 18.1. The maximum atomic E-state index is 13.3. The Hall–Kier alpha value is -2.86. The number of ether oxygens (including phenoxy) is 1. The van der Waals surface area contributed by atoms with E-state index in [-0.39, 0.29) is 23.9 Å². The van der Waals surface area contributed by atoms with Crippen LogP contribution in [0.4, 0.5) is 5.95 Å². The number of nitrogens with zero attached hydrogens (tertiary/aromatic N) is 4. The summed E-state index contributed by atoms with van der Waals surface area (Å²) in [6.07, 6.45) is 2.60. The lowest BCUT2D eigenvalue weighted by Crippen LogP contribution is -2.43. The van der Waals surface area contributed by atoms with Crippen molar-refractivity contribution in [3.63, 3.8) is 0 Å². The lowest BCUT2D eigenvalue weighted by Gasteiger charge is -2.39. The first kappa shape index (κ1) is 20.4. The lowest BCUT2D eigenvalue weighted by atomic mass is 9.91. The Morgan fingerprint density at radius 1 is 1.17 bits per heavy atom. The fourth-order valence-electron chi connectivity index (χ4n) is 4.04. The van der Waals surface area contributed by atoms with Gasteiger partial charge in [0.05, 0.1) is 19.2 Å². The van der Waals surface area contributed by atoms with Crippen molar-refractivity contribution in [1.29, 1.82) is 0 Å². The van der Waals surface area contributed by atoms with Gasteiger partial charge in [-0.05, 0) is 41.7 Å². The normalized spacial score (nSPS) is 18.4. The average Bonchev–Trinajstić information content (AvgIpc) is 3.22. The highest BCUT2D eigenvalue weighted by atomic mass is 35.5. The number of anilines is 1. The first-order valence-corrected chi connectivity index (χ1v) is 10.5. The second kappa shape index (κ2) is 8.48. The molecule has 6 nitrogen and oxygen atoms in total. The summed E-state index contributed by atoms with van der Waals surface area (Å²) in [6, 6.07) is 15.3. The van der Waals surface area contributed by atoms with Gasteiger partial charge in [-0.15, -0.1) is 0 Å². The van der Waals surface area contributed by atoms with Gasteiger partial charge in [-0.25, -0.2) is 4.68 Å². The smallest absolute Gasteiger partial charge is 0.231 e. The van der Waals surface area contributed by atoms with Gasteiger partial charge in [0.1, 0.15) is 12.1 Å². The van der Waals surface area contributed by atoms with Crippen molar-refractivity contribution in [3.8, 4) is 5.75 Å². The van der Waals surface area contributed by atoms with Gasteiger partial charge >= 0.3 is 0 Å². The van der Waals surface area contributed by atoms with Crippen LogP contribution in [0.5, 0.6) is 5.75 Å². The fourth-order valence-corrected chi connectivity index (χ4v) is 4.30. The van der Waals surface area contributed by atoms with Gasteiger partial charge in [0, 0.05) is 11.4 Å². The molecular weight excluding hydrogens is 400 g/mol. The zero-order valence-electron chi connectivity index (χ0n) is 17.3. The van der Waals surface area contributed by atoms with Crippen LogP contribution in [-0.4, -0.2) is 27.8 Å². The van der Waals surface area contributed by atoms with E-state index in [0.717, 1.165) is 16.9 Å². The molecule has 0 saturated carbocycles. The zero-order chi connectivity index (χ0) is 21.3. The summed E-state index contributed by atoms with van der Waals surface area (Å²) in [4.78, 5) is 19.5. The minimum Gasteiger partial charge on any atom is -0.497 e. The molecule has 2 heterocycles. The maximum Gasteiger partial charge on any atom is 0.231 e. The number of aromatic nitrogens is 3.